The minimum atomic E-state index is -0.145. The van der Waals surface area contributed by atoms with Crippen molar-refractivity contribution in [2.45, 2.75) is 64.1 Å². The van der Waals surface area contributed by atoms with E-state index in [1.54, 1.807) is 6.20 Å². The Hall–Kier alpha value is -1.36. The van der Waals surface area contributed by atoms with E-state index in [-0.39, 0.29) is 17.4 Å². The van der Waals surface area contributed by atoms with Crippen LogP contribution in [-0.2, 0) is 4.79 Å². The number of fused-ring (bicyclic) bond motifs is 1. The lowest BCUT2D eigenvalue weighted by Crippen LogP contribution is -2.59. The average Bonchev–Trinajstić information content (AvgIpc) is 3.06. The van der Waals surface area contributed by atoms with Crippen LogP contribution in [0.4, 0.5) is 11.5 Å². The largest absolute Gasteiger partial charge is 0.356 e. The molecule has 120 valence electrons. The van der Waals surface area contributed by atoms with Gasteiger partial charge in [-0.1, -0.05) is 19.8 Å². The third-order valence-corrected chi connectivity index (χ3v) is 5.18. The first-order valence-electron chi connectivity index (χ1n) is 8.24. The van der Waals surface area contributed by atoms with E-state index < -0.39 is 0 Å². The van der Waals surface area contributed by atoms with E-state index in [4.69, 9.17) is 11.6 Å². The Morgan fingerprint density at radius 2 is 2.09 bits per heavy atom. The maximum absolute atomic E-state index is 11.8. The average molecular weight is 323 g/mol. The number of carbonyl (C=O) groups is 1. The second-order valence-electron chi connectivity index (χ2n) is 6.08. The number of anilines is 2. The molecule has 5 nitrogen and oxygen atoms in total. The lowest BCUT2D eigenvalue weighted by molar-refractivity contribution is -0.109. The maximum atomic E-state index is 11.8. The van der Waals surface area contributed by atoms with Crippen molar-refractivity contribution < 1.29 is 4.79 Å². The monoisotopic (exact) mass is 322 g/mol. The van der Waals surface area contributed by atoms with Crippen molar-refractivity contribution in [2.24, 2.45) is 0 Å². The number of rotatable bonds is 4. The van der Waals surface area contributed by atoms with E-state index in [2.05, 4.69) is 33.6 Å². The van der Waals surface area contributed by atoms with Crippen LogP contribution < -0.4 is 9.80 Å². The Morgan fingerprint density at radius 3 is 2.68 bits per heavy atom. The zero-order valence-electron chi connectivity index (χ0n) is 13.2. The normalized spacial score (nSPS) is 25.4. The van der Waals surface area contributed by atoms with Gasteiger partial charge in [-0.05, 0) is 37.8 Å². The predicted molar refractivity (Wildman–Crippen MR) is 88.7 cm³/mol. The topological polar surface area (TPSA) is 49.3 Å². The molecule has 1 aromatic rings. The number of nitrogens with zero attached hydrogens (tertiary/aromatic N) is 4. The highest BCUT2D eigenvalue weighted by Gasteiger charge is 2.42. The van der Waals surface area contributed by atoms with Gasteiger partial charge in [0.05, 0.1) is 17.9 Å². The molecule has 2 aliphatic rings. The van der Waals surface area contributed by atoms with Gasteiger partial charge in [-0.2, -0.15) is 4.98 Å². The summed E-state index contributed by atoms with van der Waals surface area (Å²) >= 11 is 6.06. The molecule has 2 unspecified atom stereocenters. The Morgan fingerprint density at radius 1 is 1.36 bits per heavy atom. The summed E-state index contributed by atoms with van der Waals surface area (Å²) < 4.78 is 0. The smallest absolute Gasteiger partial charge is 0.224 e. The van der Waals surface area contributed by atoms with Gasteiger partial charge >= 0.3 is 0 Å². The van der Waals surface area contributed by atoms with Gasteiger partial charge in [-0.25, -0.2) is 4.98 Å². The highest BCUT2D eigenvalue weighted by molar-refractivity contribution is 6.28. The van der Waals surface area contributed by atoms with E-state index in [0.29, 0.717) is 6.04 Å². The summed E-state index contributed by atoms with van der Waals surface area (Å²) in [7, 11) is 0. The van der Waals surface area contributed by atoms with Crippen LogP contribution in [0.25, 0.3) is 0 Å². The van der Waals surface area contributed by atoms with E-state index in [1.165, 1.54) is 12.8 Å². The Kier molecular flexibility index (Phi) is 4.52. The first-order chi connectivity index (χ1) is 10.7. The van der Waals surface area contributed by atoms with Crippen molar-refractivity contribution in [1.29, 1.82) is 0 Å². The van der Waals surface area contributed by atoms with Gasteiger partial charge in [0.25, 0.3) is 0 Å². The summed E-state index contributed by atoms with van der Waals surface area (Å²) in [6.07, 6.45) is 8.57. The van der Waals surface area contributed by atoms with Crippen LogP contribution in [0.15, 0.2) is 6.20 Å². The SMILES string of the molecule is CCC1C(C=O)N(CC)c2cnc(Cl)nc2N1C1CCCC1. The van der Waals surface area contributed by atoms with Crippen molar-refractivity contribution >= 4 is 29.4 Å². The Labute approximate surface area is 136 Å². The van der Waals surface area contributed by atoms with Gasteiger partial charge in [0.15, 0.2) is 5.82 Å². The molecule has 1 aromatic heterocycles. The molecule has 0 radical (unpaired) electrons. The van der Waals surface area contributed by atoms with Crippen LogP contribution >= 0.6 is 11.6 Å². The van der Waals surface area contributed by atoms with Gasteiger partial charge in [-0.15, -0.1) is 0 Å². The molecule has 0 N–H and O–H groups in total. The van der Waals surface area contributed by atoms with Crippen LogP contribution in [0.1, 0.15) is 46.0 Å². The summed E-state index contributed by atoms with van der Waals surface area (Å²) in [4.78, 5) is 24.9. The van der Waals surface area contributed by atoms with Crippen LogP contribution in [-0.4, -0.2) is 40.9 Å². The molecule has 0 saturated heterocycles. The first-order valence-corrected chi connectivity index (χ1v) is 8.61. The van der Waals surface area contributed by atoms with Crippen molar-refractivity contribution in [3.05, 3.63) is 11.5 Å². The molecule has 6 heteroatoms. The molecular weight excluding hydrogens is 300 g/mol. The molecule has 22 heavy (non-hydrogen) atoms. The van der Waals surface area contributed by atoms with Gasteiger partial charge < -0.3 is 14.6 Å². The molecule has 1 aliphatic carbocycles. The van der Waals surface area contributed by atoms with Crippen molar-refractivity contribution in [3.8, 4) is 0 Å². The fraction of sp³-hybridized carbons (Fsp3) is 0.688. The standard InChI is InChI=1S/C16H23ClN4O/c1-3-12-14(10-22)20(4-2)13-9-18-16(17)19-15(13)21(12)11-7-5-6-8-11/h9-12,14H,3-8H2,1-2H3. The number of carbonyl (C=O) groups excluding carboxylic acids is 1. The van der Waals surface area contributed by atoms with Crippen molar-refractivity contribution in [1.82, 2.24) is 9.97 Å². The molecule has 0 bridgehead atoms. The highest BCUT2D eigenvalue weighted by atomic mass is 35.5. The first kappa shape index (κ1) is 15.5. The molecule has 0 amide bonds. The summed E-state index contributed by atoms with van der Waals surface area (Å²) in [6.45, 7) is 4.97. The summed E-state index contributed by atoms with van der Waals surface area (Å²) in [6, 6.07) is 0.461. The van der Waals surface area contributed by atoms with Crippen LogP contribution in [0.3, 0.4) is 0 Å². The Bertz CT molecular complexity index is 547. The number of aromatic nitrogens is 2. The maximum Gasteiger partial charge on any atom is 0.224 e. The number of halogens is 1. The van der Waals surface area contributed by atoms with Gasteiger partial charge in [0.2, 0.25) is 5.28 Å². The van der Waals surface area contributed by atoms with Gasteiger partial charge in [-0.3, -0.25) is 0 Å². The number of hydrogen-bond acceptors (Lipinski definition) is 5. The molecule has 2 heterocycles. The van der Waals surface area contributed by atoms with E-state index in [0.717, 1.165) is 43.6 Å². The summed E-state index contributed by atoms with van der Waals surface area (Å²) in [5.41, 5.74) is 0.931. The minimum absolute atomic E-state index is 0.145. The van der Waals surface area contributed by atoms with E-state index >= 15 is 0 Å². The third-order valence-electron chi connectivity index (χ3n) is 5.00. The molecule has 0 aromatic carbocycles. The zero-order valence-corrected chi connectivity index (χ0v) is 14.0. The highest BCUT2D eigenvalue weighted by Crippen LogP contribution is 2.41. The van der Waals surface area contributed by atoms with Crippen LogP contribution in [0.2, 0.25) is 5.28 Å². The van der Waals surface area contributed by atoms with E-state index in [9.17, 15) is 4.79 Å². The minimum Gasteiger partial charge on any atom is -0.356 e. The second kappa shape index (κ2) is 6.41. The predicted octanol–water partition coefficient (Wildman–Crippen LogP) is 3.07. The summed E-state index contributed by atoms with van der Waals surface area (Å²) in [5, 5.41) is 0.275. The van der Waals surface area contributed by atoms with Crippen molar-refractivity contribution in [2.75, 3.05) is 16.3 Å². The number of hydrogen-bond donors (Lipinski definition) is 0. The number of likely N-dealkylation sites (N-methyl/N-ethyl adjacent to an activating group) is 1. The molecule has 3 rings (SSSR count). The van der Waals surface area contributed by atoms with Gasteiger partial charge in [0, 0.05) is 12.6 Å². The lowest BCUT2D eigenvalue weighted by atomic mass is 9.96. The van der Waals surface area contributed by atoms with Crippen LogP contribution in [0.5, 0.6) is 0 Å². The van der Waals surface area contributed by atoms with Gasteiger partial charge in [0.1, 0.15) is 12.3 Å². The fourth-order valence-electron chi connectivity index (χ4n) is 4.04. The summed E-state index contributed by atoms with van der Waals surface area (Å²) in [5.74, 6) is 0.902. The van der Waals surface area contributed by atoms with E-state index in [1.807, 2.05) is 0 Å². The van der Waals surface area contributed by atoms with Crippen LogP contribution in [0, 0.1) is 0 Å². The Balaban J connectivity index is 2.12. The molecule has 2 atom stereocenters. The lowest BCUT2D eigenvalue weighted by Gasteiger charge is -2.49. The quantitative estimate of drug-likeness (QED) is 0.630. The molecular formula is C16H23ClN4O. The van der Waals surface area contributed by atoms with Crippen molar-refractivity contribution in [3.63, 3.8) is 0 Å². The molecule has 1 aliphatic heterocycles. The third kappa shape index (κ3) is 2.45. The molecule has 0 spiro atoms. The fourth-order valence-corrected chi connectivity index (χ4v) is 4.17. The number of aldehydes is 1. The molecule has 1 saturated carbocycles. The zero-order chi connectivity index (χ0) is 15.7. The molecule has 1 fully saturated rings. The second-order valence-corrected chi connectivity index (χ2v) is 6.42.